The maximum Gasteiger partial charge on any atom is 0.316 e. The van der Waals surface area contributed by atoms with Crippen molar-refractivity contribution in [2.75, 3.05) is 16.3 Å². The molecule has 7 heteroatoms. The largest absolute Gasteiger partial charge is 0.426 e. The molecule has 2 aromatic rings. The zero-order valence-corrected chi connectivity index (χ0v) is 18.5. The molecule has 2 heterocycles. The number of amides is 3. The van der Waals surface area contributed by atoms with Crippen molar-refractivity contribution in [2.45, 2.75) is 46.5 Å². The number of rotatable bonds is 4. The molecule has 166 valence electrons. The number of piperidine rings is 1. The van der Waals surface area contributed by atoms with E-state index in [0.717, 1.165) is 16.8 Å². The minimum absolute atomic E-state index is 0.0972. The van der Waals surface area contributed by atoms with Gasteiger partial charge >= 0.3 is 5.97 Å². The first-order valence-corrected chi connectivity index (χ1v) is 10.8. The number of esters is 1. The molecule has 0 bridgehead atoms. The van der Waals surface area contributed by atoms with Crippen LogP contribution in [0.3, 0.4) is 0 Å². The topological polar surface area (TPSA) is 84.0 Å². The van der Waals surface area contributed by atoms with E-state index >= 15 is 0 Å². The zero-order chi connectivity index (χ0) is 23.0. The summed E-state index contributed by atoms with van der Waals surface area (Å²) >= 11 is 0. The van der Waals surface area contributed by atoms with Gasteiger partial charge in [0.2, 0.25) is 17.7 Å². The van der Waals surface area contributed by atoms with Crippen LogP contribution in [0.15, 0.2) is 36.4 Å². The summed E-state index contributed by atoms with van der Waals surface area (Å²) in [5.74, 6) is -1.25. The monoisotopic (exact) mass is 434 g/mol. The first-order chi connectivity index (χ1) is 15.2. The van der Waals surface area contributed by atoms with E-state index in [1.807, 2.05) is 32.0 Å². The second-order valence-corrected chi connectivity index (χ2v) is 8.54. The number of imide groups is 1. The third-order valence-electron chi connectivity index (χ3n) is 6.01. The molecule has 0 aromatic heterocycles. The van der Waals surface area contributed by atoms with Crippen LogP contribution in [-0.2, 0) is 19.2 Å². The van der Waals surface area contributed by atoms with Crippen molar-refractivity contribution in [1.29, 1.82) is 0 Å². The Bertz CT molecular complexity index is 1110. The van der Waals surface area contributed by atoms with Crippen molar-refractivity contribution in [3.05, 3.63) is 53.1 Å². The highest BCUT2D eigenvalue weighted by molar-refractivity contribution is 6.16. The average molecular weight is 434 g/mol. The van der Waals surface area contributed by atoms with Gasteiger partial charge in [-0.2, -0.15) is 0 Å². The molecule has 32 heavy (non-hydrogen) atoms. The second-order valence-electron chi connectivity index (χ2n) is 8.54. The summed E-state index contributed by atoms with van der Waals surface area (Å²) in [4.78, 5) is 52.6. The van der Waals surface area contributed by atoms with Gasteiger partial charge in [-0.3, -0.25) is 24.1 Å². The highest BCUT2D eigenvalue weighted by Crippen LogP contribution is 2.31. The Balaban J connectivity index is 1.46. The highest BCUT2D eigenvalue weighted by atomic mass is 16.5. The molecule has 0 saturated carbocycles. The third kappa shape index (κ3) is 4.15. The van der Waals surface area contributed by atoms with Crippen LogP contribution in [0.1, 0.15) is 42.4 Å². The first kappa shape index (κ1) is 21.7. The Morgan fingerprint density at radius 2 is 1.53 bits per heavy atom. The second kappa shape index (κ2) is 8.57. The van der Waals surface area contributed by atoms with Gasteiger partial charge in [-0.15, -0.1) is 0 Å². The summed E-state index contributed by atoms with van der Waals surface area (Å²) in [6.07, 6.45) is 1.35. The van der Waals surface area contributed by atoms with E-state index in [4.69, 9.17) is 4.74 Å². The van der Waals surface area contributed by atoms with Crippen LogP contribution in [-0.4, -0.2) is 30.2 Å². The van der Waals surface area contributed by atoms with Crippen LogP contribution >= 0.6 is 0 Å². The van der Waals surface area contributed by atoms with E-state index in [2.05, 4.69) is 0 Å². The molecule has 0 spiro atoms. The summed E-state index contributed by atoms with van der Waals surface area (Å²) in [5.41, 5.74) is 4.09. The summed E-state index contributed by atoms with van der Waals surface area (Å²) in [6, 6.07) is 10.7. The molecular weight excluding hydrogens is 408 g/mol. The van der Waals surface area contributed by atoms with Gasteiger partial charge in [0.15, 0.2) is 0 Å². The number of nitrogens with zero attached hydrogens (tertiary/aromatic N) is 2. The van der Waals surface area contributed by atoms with Crippen molar-refractivity contribution < 1.29 is 23.9 Å². The Morgan fingerprint density at radius 1 is 0.875 bits per heavy atom. The maximum absolute atomic E-state index is 12.8. The van der Waals surface area contributed by atoms with Crippen LogP contribution in [0.5, 0.6) is 5.75 Å². The molecule has 7 nitrogen and oxygen atoms in total. The molecule has 3 amide bonds. The molecule has 2 aromatic carbocycles. The van der Waals surface area contributed by atoms with Crippen molar-refractivity contribution in [3.63, 3.8) is 0 Å². The van der Waals surface area contributed by atoms with E-state index < -0.39 is 11.9 Å². The predicted octanol–water partition coefficient (Wildman–Crippen LogP) is 3.61. The van der Waals surface area contributed by atoms with Crippen molar-refractivity contribution in [1.82, 2.24) is 0 Å². The van der Waals surface area contributed by atoms with E-state index in [9.17, 15) is 19.2 Å². The summed E-state index contributed by atoms with van der Waals surface area (Å²) < 4.78 is 5.55. The van der Waals surface area contributed by atoms with E-state index in [1.165, 1.54) is 4.90 Å². The van der Waals surface area contributed by atoms with Gasteiger partial charge in [-0.1, -0.05) is 17.7 Å². The number of aryl methyl sites for hydroxylation is 3. The van der Waals surface area contributed by atoms with Gasteiger partial charge in [-0.05, 0) is 62.6 Å². The van der Waals surface area contributed by atoms with Crippen LogP contribution in [0.4, 0.5) is 11.4 Å². The van der Waals surface area contributed by atoms with Crippen molar-refractivity contribution in [2.24, 2.45) is 5.92 Å². The molecule has 1 atom stereocenters. The lowest BCUT2D eigenvalue weighted by Gasteiger charge is -2.26. The molecule has 0 N–H and O–H groups in total. The number of hydrogen-bond donors (Lipinski definition) is 0. The molecule has 0 radical (unpaired) electrons. The normalized spacial score (nSPS) is 19.0. The zero-order valence-electron chi connectivity index (χ0n) is 18.5. The Labute approximate surface area is 187 Å². The summed E-state index contributed by atoms with van der Waals surface area (Å²) in [7, 11) is 0. The van der Waals surface area contributed by atoms with Gasteiger partial charge in [0, 0.05) is 31.5 Å². The molecule has 4 rings (SSSR count). The van der Waals surface area contributed by atoms with E-state index in [0.29, 0.717) is 36.3 Å². The van der Waals surface area contributed by atoms with Gasteiger partial charge in [0.1, 0.15) is 5.75 Å². The lowest BCUT2D eigenvalue weighted by atomic mass is 10.1. The molecule has 2 fully saturated rings. The predicted molar refractivity (Wildman–Crippen MR) is 120 cm³/mol. The minimum Gasteiger partial charge on any atom is -0.426 e. The van der Waals surface area contributed by atoms with Gasteiger partial charge in [0.05, 0.1) is 11.6 Å². The third-order valence-corrected chi connectivity index (χ3v) is 6.01. The SMILES string of the molecule is Cc1ccc(N2C[C@H](C(=O)Oc3ccc(N4C(=O)CCCC4=O)c(C)c3)CC2=O)c(C)c1. The van der Waals surface area contributed by atoms with Gasteiger partial charge in [0.25, 0.3) is 0 Å². The van der Waals surface area contributed by atoms with Crippen LogP contribution in [0.25, 0.3) is 0 Å². The number of ether oxygens (including phenoxy) is 1. The molecule has 0 unspecified atom stereocenters. The molecule has 0 aliphatic carbocycles. The first-order valence-electron chi connectivity index (χ1n) is 10.8. The summed E-state index contributed by atoms with van der Waals surface area (Å²) in [5, 5.41) is 0. The Kier molecular flexibility index (Phi) is 5.82. The van der Waals surface area contributed by atoms with Gasteiger partial charge < -0.3 is 9.64 Å². The molecule has 2 aliphatic rings. The maximum atomic E-state index is 12.8. The fourth-order valence-electron chi connectivity index (χ4n) is 4.37. The average Bonchev–Trinajstić information content (AvgIpc) is 3.11. The van der Waals surface area contributed by atoms with Gasteiger partial charge in [-0.25, -0.2) is 0 Å². The number of carbonyl (C=O) groups excluding carboxylic acids is 4. The Morgan fingerprint density at radius 3 is 2.19 bits per heavy atom. The number of benzene rings is 2. The molecule has 2 aliphatic heterocycles. The van der Waals surface area contributed by atoms with Crippen LogP contribution in [0, 0.1) is 26.7 Å². The van der Waals surface area contributed by atoms with Crippen LogP contribution < -0.4 is 14.5 Å². The Hall–Kier alpha value is -3.48. The number of carbonyl (C=O) groups is 4. The minimum atomic E-state index is -0.562. The van der Waals surface area contributed by atoms with Crippen molar-refractivity contribution in [3.8, 4) is 5.75 Å². The fourth-order valence-corrected chi connectivity index (χ4v) is 4.37. The standard InChI is InChI=1S/C25H26N2O5/c1-15-7-9-20(16(2)11-15)26-14-18(13-24(26)30)25(31)32-19-8-10-21(17(3)12-19)27-22(28)5-4-6-23(27)29/h7-12,18H,4-6,13-14H2,1-3H3/t18-/m1/s1. The highest BCUT2D eigenvalue weighted by Gasteiger charge is 2.37. The summed E-state index contributed by atoms with van der Waals surface area (Å²) in [6.45, 7) is 5.98. The lowest BCUT2D eigenvalue weighted by Crippen LogP contribution is -2.40. The fraction of sp³-hybridized carbons (Fsp3) is 0.360. The smallest absolute Gasteiger partial charge is 0.316 e. The number of anilines is 2. The molecular formula is C25H26N2O5. The number of hydrogen-bond acceptors (Lipinski definition) is 5. The van der Waals surface area contributed by atoms with Crippen LogP contribution in [0.2, 0.25) is 0 Å². The lowest BCUT2D eigenvalue weighted by molar-refractivity contribution is -0.139. The molecule has 2 saturated heterocycles. The van der Waals surface area contributed by atoms with E-state index in [1.54, 1.807) is 30.0 Å². The van der Waals surface area contributed by atoms with E-state index in [-0.39, 0.29) is 30.7 Å². The van der Waals surface area contributed by atoms with Crippen molar-refractivity contribution >= 4 is 35.1 Å². The quantitative estimate of drug-likeness (QED) is 0.417.